The van der Waals surface area contributed by atoms with E-state index in [1.54, 1.807) is 13.3 Å². The van der Waals surface area contributed by atoms with Gasteiger partial charge in [-0.1, -0.05) is 39.0 Å². The fraction of sp³-hybridized carbons (Fsp3) is 0.545. The van der Waals surface area contributed by atoms with Crippen LogP contribution in [0.25, 0.3) is 10.9 Å². The zero-order valence-corrected chi connectivity index (χ0v) is 27.4. The fourth-order valence-corrected chi connectivity index (χ4v) is 7.01. The Hall–Kier alpha value is -2.69. The van der Waals surface area contributed by atoms with Crippen molar-refractivity contribution in [3.05, 3.63) is 59.8 Å². The number of aliphatic hydroxyl groups excluding tert-OH is 1. The average Bonchev–Trinajstić information content (AvgIpc) is 2.98. The molecular weight excluding hydrogens is 546 g/mol. The van der Waals surface area contributed by atoms with Crippen LogP contribution in [0.2, 0.25) is 5.04 Å². The third-order valence-corrected chi connectivity index (χ3v) is 10.2. The van der Waals surface area contributed by atoms with Crippen molar-refractivity contribution in [3.8, 4) is 17.2 Å². The first kappa shape index (κ1) is 30.8. The van der Waals surface area contributed by atoms with Crippen LogP contribution < -0.4 is 19.5 Å². The minimum absolute atomic E-state index is 0.208. The maximum absolute atomic E-state index is 11.5. The molecule has 0 bridgehead atoms. The average molecular weight is 594 g/mol. The molecule has 1 saturated heterocycles. The third-order valence-electron chi connectivity index (χ3n) is 8.40. The van der Waals surface area contributed by atoms with Crippen molar-refractivity contribution in [2.24, 2.45) is 5.92 Å². The quantitative estimate of drug-likeness (QED) is 0.330. The minimum atomic E-state index is -0.752. The molecule has 2 aliphatic rings. The van der Waals surface area contributed by atoms with Crippen molar-refractivity contribution in [2.45, 2.75) is 70.4 Å². The molecule has 3 heterocycles. The second-order valence-corrected chi connectivity index (χ2v) is 16.1. The van der Waals surface area contributed by atoms with Crippen LogP contribution in [0.15, 0.2) is 48.7 Å². The molecule has 0 aliphatic carbocycles. The summed E-state index contributed by atoms with van der Waals surface area (Å²) in [5.74, 6) is 2.58. The standard InChI is InChI=1S/C33H47N3O5Si/c1-32(2,3)42-41-33(4,5)26-20-36(21-29(37)24-8-7-9-27-25(24)17-23(38-6)19-35-27)13-12-28(26)34-18-22-10-11-30-31(16-22)40-15-14-39-30/h7-11,16-17,19,26,28-29,34,37H,12-15,18,20-21,42H2,1-6H3. The van der Waals surface area contributed by atoms with E-state index in [9.17, 15) is 5.11 Å². The van der Waals surface area contributed by atoms with Gasteiger partial charge in [0.1, 0.15) is 19.0 Å². The van der Waals surface area contributed by atoms with Crippen LogP contribution in [0.4, 0.5) is 0 Å². The number of nitrogens with one attached hydrogen (secondary N) is 1. The number of β-amino-alcohol motifs (C(OH)–C–C–N with tert-alkyl or cyclic N) is 1. The Bertz CT molecular complexity index is 1360. The van der Waals surface area contributed by atoms with E-state index in [0.29, 0.717) is 25.5 Å². The number of likely N-dealkylation sites (tertiary alicyclic amines) is 1. The number of ether oxygens (including phenoxy) is 3. The first-order chi connectivity index (χ1) is 20.0. The van der Waals surface area contributed by atoms with Crippen LogP contribution in [-0.4, -0.2) is 76.4 Å². The number of aliphatic hydroxyl groups is 1. The van der Waals surface area contributed by atoms with Gasteiger partial charge in [-0.05, 0) is 67.2 Å². The van der Waals surface area contributed by atoms with Gasteiger partial charge in [-0.15, -0.1) is 0 Å². The molecule has 0 saturated carbocycles. The largest absolute Gasteiger partial charge is 0.495 e. The number of pyridine rings is 1. The number of hydrogen-bond acceptors (Lipinski definition) is 8. The number of aromatic nitrogens is 1. The van der Waals surface area contributed by atoms with Gasteiger partial charge in [0, 0.05) is 37.0 Å². The number of methoxy groups -OCH3 is 1. The molecule has 3 atom stereocenters. The third kappa shape index (κ3) is 7.44. The molecule has 8 nitrogen and oxygen atoms in total. The molecule has 3 unspecified atom stereocenters. The lowest BCUT2D eigenvalue weighted by Crippen LogP contribution is -2.58. The number of rotatable bonds is 10. The molecule has 5 rings (SSSR count). The summed E-state index contributed by atoms with van der Waals surface area (Å²) in [6.45, 7) is 15.5. The Kier molecular flexibility index (Phi) is 9.44. The maximum Gasteiger partial charge on any atom is 0.167 e. The summed E-state index contributed by atoms with van der Waals surface area (Å²) in [5, 5.41) is 16.5. The van der Waals surface area contributed by atoms with Gasteiger partial charge in [-0.2, -0.15) is 0 Å². The maximum atomic E-state index is 11.5. The van der Waals surface area contributed by atoms with E-state index in [1.807, 2.05) is 30.3 Å². The summed E-state index contributed by atoms with van der Waals surface area (Å²) in [6.07, 6.45) is 2.05. The summed E-state index contributed by atoms with van der Waals surface area (Å²) in [6, 6.07) is 14.4. The van der Waals surface area contributed by atoms with Crippen LogP contribution in [0.3, 0.4) is 0 Å². The summed E-state index contributed by atoms with van der Waals surface area (Å²) in [4.78, 5) is 6.92. The fourth-order valence-electron chi connectivity index (χ4n) is 5.99. The lowest BCUT2D eigenvalue weighted by molar-refractivity contribution is -0.0263. The first-order valence-electron chi connectivity index (χ1n) is 15.1. The molecule has 0 amide bonds. The summed E-state index contributed by atoms with van der Waals surface area (Å²) in [7, 11) is 0.888. The predicted molar refractivity (Wildman–Crippen MR) is 169 cm³/mol. The lowest BCUT2D eigenvalue weighted by Gasteiger charge is -2.47. The Morgan fingerprint density at radius 1 is 1.10 bits per heavy atom. The Labute approximate surface area is 252 Å². The first-order valence-corrected chi connectivity index (χ1v) is 16.4. The molecule has 42 heavy (non-hydrogen) atoms. The van der Waals surface area contributed by atoms with E-state index in [-0.39, 0.29) is 22.6 Å². The molecule has 1 aromatic heterocycles. The summed E-state index contributed by atoms with van der Waals surface area (Å²) >= 11 is 0. The predicted octanol–water partition coefficient (Wildman–Crippen LogP) is 4.63. The molecule has 9 heteroatoms. The summed E-state index contributed by atoms with van der Waals surface area (Å²) < 4.78 is 23.7. The van der Waals surface area contributed by atoms with E-state index < -0.39 is 15.9 Å². The number of piperidine rings is 1. The highest BCUT2D eigenvalue weighted by Gasteiger charge is 2.41. The minimum Gasteiger partial charge on any atom is -0.495 e. The Morgan fingerprint density at radius 2 is 1.88 bits per heavy atom. The zero-order valence-electron chi connectivity index (χ0n) is 26.0. The number of benzene rings is 2. The number of fused-ring (bicyclic) bond motifs is 2. The number of hydrogen-bond donors (Lipinski definition) is 2. The van der Waals surface area contributed by atoms with Crippen LogP contribution in [0, 0.1) is 5.92 Å². The molecular formula is C33H47N3O5Si. The highest BCUT2D eigenvalue weighted by molar-refractivity contribution is 6.31. The highest BCUT2D eigenvalue weighted by Crippen LogP contribution is 2.35. The molecule has 1 fully saturated rings. The van der Waals surface area contributed by atoms with Crippen molar-refractivity contribution in [2.75, 3.05) is 40.0 Å². The van der Waals surface area contributed by atoms with Crippen LogP contribution >= 0.6 is 0 Å². The molecule has 3 aromatic rings. The van der Waals surface area contributed by atoms with Gasteiger partial charge in [-0.25, -0.2) is 0 Å². The van der Waals surface area contributed by atoms with Gasteiger partial charge in [0.2, 0.25) is 0 Å². The second-order valence-electron chi connectivity index (χ2n) is 13.4. The van der Waals surface area contributed by atoms with Gasteiger partial charge in [0.15, 0.2) is 21.3 Å². The van der Waals surface area contributed by atoms with E-state index >= 15 is 0 Å². The zero-order chi connectivity index (χ0) is 29.9. The van der Waals surface area contributed by atoms with Crippen molar-refractivity contribution in [1.82, 2.24) is 15.2 Å². The van der Waals surface area contributed by atoms with Gasteiger partial charge >= 0.3 is 0 Å². The molecule has 2 aromatic carbocycles. The normalized spacial score (nSPS) is 20.7. The monoisotopic (exact) mass is 593 g/mol. The van der Waals surface area contributed by atoms with E-state index in [4.69, 9.17) is 18.6 Å². The van der Waals surface area contributed by atoms with Gasteiger partial charge in [-0.3, -0.25) is 9.88 Å². The lowest BCUT2D eigenvalue weighted by atomic mass is 9.80. The van der Waals surface area contributed by atoms with Crippen molar-refractivity contribution in [1.29, 1.82) is 0 Å². The second kappa shape index (κ2) is 12.9. The SMILES string of the molecule is COc1cnc2cccc(C(O)CN3CCC(NCc4ccc5c(c4)OCCO5)C(C(C)(C)O[SiH2]C(C)(C)C)C3)c2c1. The molecule has 0 radical (unpaired) electrons. The van der Waals surface area contributed by atoms with Crippen LogP contribution in [-0.2, 0) is 11.0 Å². The van der Waals surface area contributed by atoms with E-state index in [1.165, 1.54) is 5.56 Å². The van der Waals surface area contributed by atoms with Crippen molar-refractivity contribution < 1.29 is 23.7 Å². The van der Waals surface area contributed by atoms with Gasteiger partial charge in [0.05, 0.1) is 30.5 Å². The highest BCUT2D eigenvalue weighted by atomic mass is 28.2. The molecule has 228 valence electrons. The number of nitrogens with zero attached hydrogens (tertiary/aromatic N) is 2. The van der Waals surface area contributed by atoms with E-state index in [2.05, 4.69) is 62.0 Å². The van der Waals surface area contributed by atoms with E-state index in [0.717, 1.165) is 54.0 Å². The van der Waals surface area contributed by atoms with Gasteiger partial charge in [0.25, 0.3) is 0 Å². The van der Waals surface area contributed by atoms with Gasteiger partial charge < -0.3 is 29.1 Å². The topological polar surface area (TPSA) is 85.3 Å². The van der Waals surface area contributed by atoms with Crippen molar-refractivity contribution >= 4 is 20.7 Å². The summed E-state index contributed by atoms with van der Waals surface area (Å²) in [5.41, 5.74) is 2.61. The van der Waals surface area contributed by atoms with Crippen LogP contribution in [0.1, 0.15) is 58.3 Å². The Balaban J connectivity index is 1.31. The molecule has 2 aliphatic heterocycles. The Morgan fingerprint density at radius 3 is 2.64 bits per heavy atom. The van der Waals surface area contributed by atoms with Crippen molar-refractivity contribution in [3.63, 3.8) is 0 Å². The smallest absolute Gasteiger partial charge is 0.167 e. The molecule has 0 spiro atoms. The molecule has 2 N–H and O–H groups in total. The van der Waals surface area contributed by atoms with Crippen LogP contribution in [0.5, 0.6) is 17.2 Å².